The van der Waals surface area contributed by atoms with E-state index < -0.39 is 119 Å². The van der Waals surface area contributed by atoms with Gasteiger partial charge in [0.15, 0.2) is 17.9 Å². The standard InChI is InChI=1S/C56H109N21O10/c1-30(2)26-39(69-43(78)20-22-58)49(83)74-41(28-32(5)6)51(85)76-42(29-33(7)8)52(86)75-40(27-31(3)4)50(84)72-38(19-15-25-68-56(64)65)48(82)77-44(34(9)10)53(87)73-36(16-11-12-21-57)47(81)71-37(18-14-24-67-55(62)63)46(80)70-35(45(59)79)17-13-23-66-54(60)61/h30-42,44H,11-29,57-58H2,1-10H3,(H2,59,79)(H,69,78)(H,70,80)(H,71,81)(H,72,84)(H,73,87)(H,74,83)(H,75,86)(H,76,85)(H,77,82)(H4,60,61,66)(H4,62,63,67)(H4,64,65,68)/t35-,36-,37-,38-,39-,40-,41-,42-,44-/m0/s1. The third-order valence-electron chi connectivity index (χ3n) is 13.3. The van der Waals surface area contributed by atoms with Crippen molar-refractivity contribution in [2.45, 2.75) is 214 Å². The lowest BCUT2D eigenvalue weighted by molar-refractivity contribution is -0.136. The van der Waals surface area contributed by atoms with Crippen molar-refractivity contribution in [3.8, 4) is 0 Å². The minimum Gasteiger partial charge on any atom is -0.370 e. The van der Waals surface area contributed by atoms with E-state index in [2.05, 4.69) is 62.8 Å². The van der Waals surface area contributed by atoms with E-state index in [1.807, 2.05) is 55.4 Å². The van der Waals surface area contributed by atoms with Gasteiger partial charge in [-0.15, -0.1) is 0 Å². The predicted molar refractivity (Wildman–Crippen MR) is 336 cm³/mol. The van der Waals surface area contributed by atoms with Crippen LogP contribution in [-0.2, 0) is 47.9 Å². The fraction of sp³-hybridized carbons (Fsp3) is 0.768. The van der Waals surface area contributed by atoms with Crippen LogP contribution in [0.3, 0.4) is 0 Å². The summed E-state index contributed by atoms with van der Waals surface area (Å²) in [5.74, 6) is -8.76. The fourth-order valence-electron chi connectivity index (χ4n) is 8.99. The maximum absolute atomic E-state index is 14.5. The molecule has 27 N–H and O–H groups in total. The Labute approximate surface area is 513 Å². The molecule has 0 aromatic rings. The quantitative estimate of drug-likeness (QED) is 0.0159. The lowest BCUT2D eigenvalue weighted by atomic mass is 9.97. The van der Waals surface area contributed by atoms with Crippen LogP contribution in [-0.4, -0.2) is 164 Å². The molecule has 498 valence electrons. The monoisotopic (exact) mass is 1240 g/mol. The van der Waals surface area contributed by atoms with Gasteiger partial charge in [-0.25, -0.2) is 0 Å². The van der Waals surface area contributed by atoms with Crippen LogP contribution >= 0.6 is 0 Å². The van der Waals surface area contributed by atoms with E-state index in [4.69, 9.17) is 51.6 Å². The number of amides is 10. The fourth-order valence-corrected chi connectivity index (χ4v) is 8.99. The Morgan fingerprint density at radius 3 is 0.897 bits per heavy atom. The summed E-state index contributed by atoms with van der Waals surface area (Å²) in [7, 11) is 0. The summed E-state index contributed by atoms with van der Waals surface area (Å²) in [4.78, 5) is 151. The molecule has 0 rings (SSSR count). The van der Waals surface area contributed by atoms with Gasteiger partial charge in [0, 0.05) is 32.6 Å². The summed E-state index contributed by atoms with van der Waals surface area (Å²) in [5.41, 5.74) is 50.0. The van der Waals surface area contributed by atoms with Crippen LogP contribution in [0.15, 0.2) is 15.0 Å². The number of nitrogens with zero attached hydrogens (tertiary/aromatic N) is 3. The van der Waals surface area contributed by atoms with Gasteiger partial charge in [0.1, 0.15) is 54.4 Å². The lowest BCUT2D eigenvalue weighted by Gasteiger charge is -2.30. The first kappa shape index (κ1) is 79.4. The minimum atomic E-state index is -1.35. The van der Waals surface area contributed by atoms with Crippen molar-refractivity contribution < 1.29 is 47.9 Å². The zero-order chi connectivity index (χ0) is 66.5. The topological polar surface area (TPSA) is 550 Å². The molecule has 0 aliphatic heterocycles. The van der Waals surface area contributed by atoms with Gasteiger partial charge in [-0.1, -0.05) is 69.2 Å². The summed E-state index contributed by atoms with van der Waals surface area (Å²) in [6, 6.07) is -10.9. The molecule has 87 heavy (non-hydrogen) atoms. The Kier molecular flexibility index (Phi) is 39.4. The number of hydrogen-bond acceptors (Lipinski definition) is 15. The maximum atomic E-state index is 14.5. The molecule has 9 atom stereocenters. The Morgan fingerprint density at radius 2 is 0.598 bits per heavy atom. The lowest BCUT2D eigenvalue weighted by Crippen LogP contribution is -2.61. The van der Waals surface area contributed by atoms with Crippen molar-refractivity contribution in [3.63, 3.8) is 0 Å². The van der Waals surface area contributed by atoms with Crippen LogP contribution in [0, 0.1) is 29.6 Å². The zero-order valence-electron chi connectivity index (χ0n) is 53.1. The smallest absolute Gasteiger partial charge is 0.243 e. The normalized spacial score (nSPS) is 14.4. The van der Waals surface area contributed by atoms with Gasteiger partial charge < -0.3 is 99.5 Å². The largest absolute Gasteiger partial charge is 0.370 e. The second-order valence-electron chi connectivity index (χ2n) is 23.9. The molecule has 0 fully saturated rings. The first-order chi connectivity index (χ1) is 40.7. The van der Waals surface area contributed by atoms with Gasteiger partial charge in [-0.2, -0.15) is 0 Å². The van der Waals surface area contributed by atoms with E-state index in [-0.39, 0.29) is 151 Å². The van der Waals surface area contributed by atoms with Crippen LogP contribution in [0.5, 0.6) is 0 Å². The summed E-state index contributed by atoms with van der Waals surface area (Å²) in [6.07, 6.45) is 2.14. The van der Waals surface area contributed by atoms with Crippen LogP contribution in [0.2, 0.25) is 0 Å². The van der Waals surface area contributed by atoms with Crippen molar-refractivity contribution >= 4 is 77.0 Å². The molecule has 10 amide bonds. The first-order valence-electron chi connectivity index (χ1n) is 30.3. The number of primary amides is 1. The first-order valence-corrected chi connectivity index (χ1v) is 30.3. The average Bonchev–Trinajstić information content (AvgIpc) is 3.18. The Hall–Kier alpha value is -7.57. The molecular weight excluding hydrogens is 1130 g/mol. The predicted octanol–water partition coefficient (Wildman–Crippen LogP) is -3.69. The molecule has 0 saturated carbocycles. The van der Waals surface area contributed by atoms with Gasteiger partial charge in [-0.05, 0) is 120 Å². The number of hydrogen-bond donors (Lipinski definition) is 18. The minimum absolute atomic E-state index is 0.000268. The van der Waals surface area contributed by atoms with Gasteiger partial charge in [0.05, 0.1) is 0 Å². The highest BCUT2D eigenvalue weighted by Crippen LogP contribution is 2.15. The molecule has 31 nitrogen and oxygen atoms in total. The highest BCUT2D eigenvalue weighted by atomic mass is 16.2. The summed E-state index contributed by atoms with van der Waals surface area (Å²) >= 11 is 0. The molecule has 0 radical (unpaired) electrons. The summed E-state index contributed by atoms with van der Waals surface area (Å²) in [5, 5.41) is 24.6. The van der Waals surface area contributed by atoms with Crippen molar-refractivity contribution in [3.05, 3.63) is 0 Å². The van der Waals surface area contributed by atoms with Gasteiger partial charge in [-0.3, -0.25) is 62.9 Å². The van der Waals surface area contributed by atoms with Gasteiger partial charge in [0.2, 0.25) is 59.1 Å². The van der Waals surface area contributed by atoms with Crippen molar-refractivity contribution in [1.29, 1.82) is 0 Å². The molecule has 31 heteroatoms. The molecular formula is C56H109N21O10. The van der Waals surface area contributed by atoms with E-state index in [0.717, 1.165) is 0 Å². The number of nitrogens with two attached hydrogens (primary N) is 9. The second-order valence-corrected chi connectivity index (χ2v) is 23.9. The van der Waals surface area contributed by atoms with Crippen molar-refractivity contribution in [1.82, 2.24) is 47.9 Å². The number of aliphatic imine (C=N–C) groups is 3. The number of guanidine groups is 3. The van der Waals surface area contributed by atoms with Gasteiger partial charge >= 0.3 is 0 Å². The second kappa shape index (κ2) is 43.1. The number of unbranched alkanes of at least 4 members (excludes halogenated alkanes) is 1. The molecule has 0 bridgehead atoms. The zero-order valence-corrected chi connectivity index (χ0v) is 53.1. The molecule has 0 spiro atoms. The van der Waals surface area contributed by atoms with Crippen LogP contribution in [0.25, 0.3) is 0 Å². The Balaban J connectivity index is 7.04. The van der Waals surface area contributed by atoms with E-state index >= 15 is 0 Å². The number of rotatable bonds is 45. The Morgan fingerprint density at radius 1 is 0.322 bits per heavy atom. The number of nitrogens with one attached hydrogen (secondary N) is 9. The summed E-state index contributed by atoms with van der Waals surface area (Å²) in [6.45, 7) is 18.7. The Bertz CT molecular complexity index is 2270. The van der Waals surface area contributed by atoms with Crippen LogP contribution < -0.4 is 99.5 Å². The number of carbonyl (C=O) groups excluding carboxylic acids is 10. The average molecular weight is 1240 g/mol. The highest BCUT2D eigenvalue weighted by Gasteiger charge is 2.36. The van der Waals surface area contributed by atoms with Crippen LogP contribution in [0.4, 0.5) is 0 Å². The maximum Gasteiger partial charge on any atom is 0.243 e. The molecule has 0 aliphatic carbocycles. The third kappa shape index (κ3) is 35.6. The van der Waals surface area contributed by atoms with Gasteiger partial charge in [0.25, 0.3) is 0 Å². The molecule has 0 unspecified atom stereocenters. The molecule has 0 aromatic carbocycles. The van der Waals surface area contributed by atoms with E-state index in [1.165, 1.54) is 0 Å². The van der Waals surface area contributed by atoms with E-state index in [0.29, 0.717) is 12.8 Å². The third-order valence-corrected chi connectivity index (χ3v) is 13.3. The molecule has 0 saturated heterocycles. The highest BCUT2D eigenvalue weighted by molar-refractivity contribution is 5.98. The molecule has 0 aromatic heterocycles. The van der Waals surface area contributed by atoms with Crippen LogP contribution in [0.1, 0.15) is 159 Å². The van der Waals surface area contributed by atoms with Crippen molar-refractivity contribution in [2.24, 2.45) is 96.2 Å². The number of carbonyl (C=O) groups is 10. The van der Waals surface area contributed by atoms with E-state index in [9.17, 15) is 47.9 Å². The van der Waals surface area contributed by atoms with E-state index in [1.54, 1.807) is 13.8 Å². The molecule has 0 heterocycles. The van der Waals surface area contributed by atoms with Crippen molar-refractivity contribution in [2.75, 3.05) is 32.7 Å². The molecule has 0 aliphatic rings. The summed E-state index contributed by atoms with van der Waals surface area (Å²) < 4.78 is 0. The SMILES string of the molecule is CC(C)C[C@H](NC(=O)CCN)C(=O)N[C@@H](CC(C)C)C(=O)N[C@@H](CC(C)C)C(=O)N[C@@H](CC(C)C)C(=O)N[C@@H](CCCN=C(N)N)C(=O)N[C@H](C(=O)N[C@@H](CCCCN)C(=O)N[C@@H](CCCN=C(N)N)C(=O)N[C@@H](CCCN=C(N)N)C(N)=O)C(C)C.